The van der Waals surface area contributed by atoms with Gasteiger partial charge < -0.3 is 20.1 Å². The van der Waals surface area contributed by atoms with Crippen LogP contribution in [0.2, 0.25) is 0 Å². The van der Waals surface area contributed by atoms with Crippen LogP contribution in [0.15, 0.2) is 18.2 Å². The first-order valence-corrected chi connectivity index (χ1v) is 7.19. The molecule has 2 amide bonds. The molecule has 0 spiro atoms. The summed E-state index contributed by atoms with van der Waals surface area (Å²) in [5, 5.41) is 5.66. The van der Waals surface area contributed by atoms with Crippen molar-refractivity contribution in [1.29, 1.82) is 0 Å². The Morgan fingerprint density at radius 2 is 2.19 bits per heavy atom. The van der Waals surface area contributed by atoms with E-state index in [4.69, 9.17) is 9.47 Å². The number of fused-ring (bicyclic) bond motifs is 1. The summed E-state index contributed by atoms with van der Waals surface area (Å²) in [7, 11) is 0. The molecule has 1 aromatic carbocycles. The minimum Gasteiger partial charge on any atom is -0.484 e. The van der Waals surface area contributed by atoms with E-state index in [-0.39, 0.29) is 31.1 Å². The van der Waals surface area contributed by atoms with Gasteiger partial charge in [-0.2, -0.15) is 0 Å². The zero-order chi connectivity index (χ0) is 14.7. The lowest BCUT2D eigenvalue weighted by atomic mass is 10.2. The largest absolute Gasteiger partial charge is 0.484 e. The molecule has 0 saturated heterocycles. The molecular formula is C15H18N2O4. The Bertz CT molecular complexity index is 553. The second-order valence-electron chi connectivity index (χ2n) is 5.33. The molecule has 1 aromatic rings. The summed E-state index contributed by atoms with van der Waals surface area (Å²) >= 11 is 0. The second-order valence-corrected chi connectivity index (χ2v) is 5.33. The first kappa shape index (κ1) is 13.7. The van der Waals surface area contributed by atoms with Crippen LogP contribution in [-0.2, 0) is 9.59 Å². The summed E-state index contributed by atoms with van der Waals surface area (Å²) in [6, 6.07) is 5.39. The van der Waals surface area contributed by atoms with Gasteiger partial charge in [0.25, 0.3) is 11.8 Å². The van der Waals surface area contributed by atoms with Crippen molar-refractivity contribution in [2.24, 2.45) is 0 Å². The SMILES string of the molecule is O=C1COc2ccc(OCC(=O)NC3CCCC3)cc2N1. The molecule has 6 heteroatoms. The minimum atomic E-state index is -0.196. The van der Waals surface area contributed by atoms with Gasteiger partial charge in [-0.25, -0.2) is 0 Å². The molecule has 2 N–H and O–H groups in total. The van der Waals surface area contributed by atoms with Gasteiger partial charge in [0.15, 0.2) is 13.2 Å². The lowest BCUT2D eigenvalue weighted by Gasteiger charge is -2.18. The van der Waals surface area contributed by atoms with Crippen molar-refractivity contribution in [3.63, 3.8) is 0 Å². The van der Waals surface area contributed by atoms with Crippen molar-refractivity contribution >= 4 is 17.5 Å². The maximum atomic E-state index is 11.8. The summed E-state index contributed by atoms with van der Waals surface area (Å²) in [5.41, 5.74) is 0.569. The van der Waals surface area contributed by atoms with Crippen LogP contribution < -0.4 is 20.1 Å². The van der Waals surface area contributed by atoms with Crippen molar-refractivity contribution in [2.75, 3.05) is 18.5 Å². The molecule has 1 aliphatic heterocycles. The highest BCUT2D eigenvalue weighted by Gasteiger charge is 2.18. The van der Waals surface area contributed by atoms with Crippen molar-refractivity contribution < 1.29 is 19.1 Å². The lowest BCUT2D eigenvalue weighted by molar-refractivity contribution is -0.123. The van der Waals surface area contributed by atoms with E-state index in [2.05, 4.69) is 10.6 Å². The number of hydrogen-bond acceptors (Lipinski definition) is 4. The molecule has 0 aromatic heterocycles. The van der Waals surface area contributed by atoms with Crippen molar-refractivity contribution in [3.8, 4) is 11.5 Å². The third-order valence-corrected chi connectivity index (χ3v) is 3.67. The Balaban J connectivity index is 1.54. The molecule has 0 bridgehead atoms. The summed E-state index contributed by atoms with van der Waals surface area (Å²) in [6.45, 7) is 0.00108. The lowest BCUT2D eigenvalue weighted by Crippen LogP contribution is -2.36. The van der Waals surface area contributed by atoms with Crippen LogP contribution >= 0.6 is 0 Å². The number of amides is 2. The van der Waals surface area contributed by atoms with Crippen molar-refractivity contribution in [3.05, 3.63) is 18.2 Å². The number of hydrogen-bond donors (Lipinski definition) is 2. The summed E-state index contributed by atoms with van der Waals surface area (Å²) in [5.74, 6) is 0.831. The maximum Gasteiger partial charge on any atom is 0.262 e. The molecule has 0 atom stereocenters. The Morgan fingerprint density at radius 3 is 3.00 bits per heavy atom. The monoisotopic (exact) mass is 290 g/mol. The molecule has 0 radical (unpaired) electrons. The van der Waals surface area contributed by atoms with Gasteiger partial charge in [-0.15, -0.1) is 0 Å². The van der Waals surface area contributed by atoms with Crippen LogP contribution in [-0.4, -0.2) is 31.1 Å². The fourth-order valence-corrected chi connectivity index (χ4v) is 2.64. The van der Waals surface area contributed by atoms with Crippen LogP contribution in [0.1, 0.15) is 25.7 Å². The predicted molar refractivity (Wildman–Crippen MR) is 76.5 cm³/mol. The highest BCUT2D eigenvalue weighted by molar-refractivity contribution is 5.95. The fraction of sp³-hybridized carbons (Fsp3) is 0.467. The number of anilines is 1. The smallest absolute Gasteiger partial charge is 0.262 e. The number of ether oxygens (including phenoxy) is 2. The van der Waals surface area contributed by atoms with Crippen LogP contribution in [0.3, 0.4) is 0 Å². The average Bonchev–Trinajstić information content (AvgIpc) is 2.97. The van der Waals surface area contributed by atoms with Gasteiger partial charge in [0.2, 0.25) is 0 Å². The van der Waals surface area contributed by atoms with E-state index in [1.165, 1.54) is 12.8 Å². The molecule has 1 saturated carbocycles. The molecule has 1 heterocycles. The standard InChI is InChI=1S/C15H18N2O4/c18-14(16-10-3-1-2-4-10)8-20-11-5-6-13-12(7-11)17-15(19)9-21-13/h5-7,10H,1-4,8-9H2,(H,16,18)(H,17,19). The molecular weight excluding hydrogens is 272 g/mol. The van der Waals surface area contributed by atoms with E-state index in [0.29, 0.717) is 17.2 Å². The summed E-state index contributed by atoms with van der Waals surface area (Å²) < 4.78 is 10.7. The quantitative estimate of drug-likeness (QED) is 0.880. The van der Waals surface area contributed by atoms with Crippen LogP contribution in [0.5, 0.6) is 11.5 Å². The Morgan fingerprint density at radius 1 is 1.38 bits per heavy atom. The van der Waals surface area contributed by atoms with Crippen molar-refractivity contribution in [1.82, 2.24) is 5.32 Å². The summed E-state index contributed by atoms with van der Waals surface area (Å²) in [4.78, 5) is 23.0. The Kier molecular flexibility index (Phi) is 3.94. The van der Waals surface area contributed by atoms with E-state index in [1.807, 2.05) is 0 Å². The van der Waals surface area contributed by atoms with E-state index in [0.717, 1.165) is 12.8 Å². The Labute approximate surface area is 122 Å². The average molecular weight is 290 g/mol. The first-order chi connectivity index (χ1) is 10.2. The van der Waals surface area contributed by atoms with Gasteiger partial charge in [0, 0.05) is 12.1 Å². The molecule has 1 aliphatic carbocycles. The van der Waals surface area contributed by atoms with E-state index >= 15 is 0 Å². The highest BCUT2D eigenvalue weighted by Crippen LogP contribution is 2.31. The zero-order valence-electron chi connectivity index (χ0n) is 11.7. The molecule has 2 aliphatic rings. The highest BCUT2D eigenvalue weighted by atomic mass is 16.5. The third kappa shape index (κ3) is 3.45. The minimum absolute atomic E-state index is 0.0237. The number of carbonyl (C=O) groups is 2. The van der Waals surface area contributed by atoms with E-state index < -0.39 is 0 Å². The molecule has 112 valence electrons. The van der Waals surface area contributed by atoms with E-state index in [1.54, 1.807) is 18.2 Å². The molecule has 0 unspecified atom stereocenters. The van der Waals surface area contributed by atoms with E-state index in [9.17, 15) is 9.59 Å². The third-order valence-electron chi connectivity index (χ3n) is 3.67. The number of nitrogens with one attached hydrogen (secondary N) is 2. The molecule has 6 nitrogen and oxygen atoms in total. The van der Waals surface area contributed by atoms with Gasteiger partial charge in [-0.05, 0) is 25.0 Å². The molecule has 21 heavy (non-hydrogen) atoms. The summed E-state index contributed by atoms with van der Waals surface area (Å²) in [6.07, 6.45) is 4.45. The predicted octanol–water partition coefficient (Wildman–Crippen LogP) is 1.46. The first-order valence-electron chi connectivity index (χ1n) is 7.19. The fourth-order valence-electron chi connectivity index (χ4n) is 2.64. The second kappa shape index (κ2) is 6.03. The van der Waals surface area contributed by atoms with Crippen molar-refractivity contribution in [2.45, 2.75) is 31.7 Å². The normalized spacial score (nSPS) is 17.6. The van der Waals surface area contributed by atoms with Crippen LogP contribution in [0, 0.1) is 0 Å². The topological polar surface area (TPSA) is 76.7 Å². The maximum absolute atomic E-state index is 11.8. The number of rotatable bonds is 4. The van der Waals surface area contributed by atoms with Gasteiger partial charge in [0.05, 0.1) is 5.69 Å². The van der Waals surface area contributed by atoms with Gasteiger partial charge in [-0.1, -0.05) is 12.8 Å². The number of benzene rings is 1. The van der Waals surface area contributed by atoms with Gasteiger partial charge >= 0.3 is 0 Å². The van der Waals surface area contributed by atoms with Gasteiger partial charge in [0.1, 0.15) is 11.5 Å². The van der Waals surface area contributed by atoms with Crippen LogP contribution in [0.4, 0.5) is 5.69 Å². The molecule has 1 fully saturated rings. The zero-order valence-corrected chi connectivity index (χ0v) is 11.7. The number of carbonyl (C=O) groups excluding carboxylic acids is 2. The molecule has 3 rings (SSSR count). The van der Waals surface area contributed by atoms with Gasteiger partial charge in [-0.3, -0.25) is 9.59 Å². The van der Waals surface area contributed by atoms with Crippen LogP contribution in [0.25, 0.3) is 0 Å². The Hall–Kier alpha value is -2.24.